The first-order chi connectivity index (χ1) is 13.7. The van der Waals surface area contributed by atoms with Gasteiger partial charge < -0.3 is 14.5 Å². The molecule has 0 aliphatic carbocycles. The molecule has 2 aromatic carbocycles. The third-order valence-electron chi connectivity index (χ3n) is 5.14. The second kappa shape index (κ2) is 7.76. The maximum absolute atomic E-state index is 13.2. The van der Waals surface area contributed by atoms with Gasteiger partial charge in [-0.15, -0.1) is 0 Å². The Morgan fingerprint density at radius 3 is 2.39 bits per heavy atom. The van der Waals surface area contributed by atoms with Crippen molar-refractivity contribution in [3.05, 3.63) is 72.1 Å². The lowest BCUT2D eigenvalue weighted by molar-refractivity contribution is 0.0737. The second-order valence-electron chi connectivity index (χ2n) is 6.90. The van der Waals surface area contributed by atoms with E-state index in [9.17, 15) is 4.79 Å². The molecule has 6 nitrogen and oxygen atoms in total. The van der Waals surface area contributed by atoms with Gasteiger partial charge >= 0.3 is 0 Å². The molecule has 0 saturated carbocycles. The van der Waals surface area contributed by atoms with Crippen molar-refractivity contribution in [2.45, 2.75) is 6.92 Å². The van der Waals surface area contributed by atoms with Gasteiger partial charge in [0.15, 0.2) is 0 Å². The predicted octanol–water partition coefficient (Wildman–Crippen LogP) is 3.15. The van der Waals surface area contributed by atoms with Crippen LogP contribution in [0.2, 0.25) is 0 Å². The van der Waals surface area contributed by atoms with E-state index in [0.717, 1.165) is 35.8 Å². The molecule has 1 aliphatic rings. The molecular weight excluding hydrogens is 352 g/mol. The number of hydrogen-bond acceptors (Lipinski definition) is 4. The summed E-state index contributed by atoms with van der Waals surface area (Å²) in [5.74, 6) is 0.877. The number of methoxy groups -OCH3 is 1. The molecule has 4 rings (SSSR count). The number of nitrogens with zero attached hydrogens (tertiary/aromatic N) is 4. The van der Waals surface area contributed by atoms with E-state index < -0.39 is 0 Å². The van der Waals surface area contributed by atoms with Crippen LogP contribution < -0.4 is 9.64 Å². The average molecular weight is 376 g/mol. The highest BCUT2D eigenvalue weighted by Gasteiger charge is 2.26. The maximum Gasteiger partial charge on any atom is 0.272 e. The number of ether oxygens (including phenoxy) is 1. The van der Waals surface area contributed by atoms with Gasteiger partial charge in [0, 0.05) is 43.5 Å². The van der Waals surface area contributed by atoms with Crippen LogP contribution >= 0.6 is 0 Å². The van der Waals surface area contributed by atoms with Crippen molar-refractivity contribution in [2.24, 2.45) is 0 Å². The van der Waals surface area contributed by atoms with Crippen LogP contribution in [-0.4, -0.2) is 53.9 Å². The standard InChI is InChI=1S/C22H24N4O2/c1-17-16-23-26(18-7-4-3-5-8-18)21(17)22(27)25-13-11-24(12-14-25)19-9-6-10-20(15-19)28-2/h3-10,15-16H,11-14H2,1-2H3. The van der Waals surface area contributed by atoms with Crippen molar-refractivity contribution in [3.8, 4) is 11.4 Å². The molecule has 144 valence electrons. The van der Waals surface area contributed by atoms with E-state index >= 15 is 0 Å². The Bertz CT molecular complexity index is 960. The minimum Gasteiger partial charge on any atom is -0.497 e. The highest BCUT2D eigenvalue weighted by Crippen LogP contribution is 2.23. The maximum atomic E-state index is 13.2. The zero-order valence-corrected chi connectivity index (χ0v) is 16.2. The molecular formula is C22H24N4O2. The van der Waals surface area contributed by atoms with E-state index in [1.807, 2.05) is 60.4 Å². The molecule has 0 bridgehead atoms. The molecule has 1 aromatic heterocycles. The zero-order valence-electron chi connectivity index (χ0n) is 16.2. The fourth-order valence-corrected chi connectivity index (χ4v) is 3.58. The monoisotopic (exact) mass is 376 g/mol. The Morgan fingerprint density at radius 1 is 0.964 bits per heavy atom. The van der Waals surface area contributed by atoms with Gasteiger partial charge in [-0.05, 0) is 31.2 Å². The van der Waals surface area contributed by atoms with Crippen LogP contribution in [0.5, 0.6) is 5.75 Å². The van der Waals surface area contributed by atoms with Gasteiger partial charge in [0.1, 0.15) is 11.4 Å². The van der Waals surface area contributed by atoms with E-state index in [1.54, 1.807) is 18.0 Å². The van der Waals surface area contributed by atoms with E-state index in [2.05, 4.69) is 16.1 Å². The van der Waals surface area contributed by atoms with E-state index in [4.69, 9.17) is 4.74 Å². The number of anilines is 1. The topological polar surface area (TPSA) is 50.6 Å². The molecule has 0 spiro atoms. The van der Waals surface area contributed by atoms with Crippen LogP contribution in [0.25, 0.3) is 5.69 Å². The summed E-state index contributed by atoms with van der Waals surface area (Å²) < 4.78 is 7.06. The first kappa shape index (κ1) is 18.1. The lowest BCUT2D eigenvalue weighted by Gasteiger charge is -2.36. The molecule has 1 saturated heterocycles. The van der Waals surface area contributed by atoms with Gasteiger partial charge in [-0.1, -0.05) is 24.3 Å². The molecule has 0 atom stereocenters. The van der Waals surface area contributed by atoms with Crippen LogP contribution in [0.1, 0.15) is 16.1 Å². The van der Waals surface area contributed by atoms with Gasteiger partial charge in [-0.3, -0.25) is 4.79 Å². The number of piperazine rings is 1. The summed E-state index contributed by atoms with van der Waals surface area (Å²) in [5.41, 5.74) is 3.55. The number of aromatic nitrogens is 2. The lowest BCUT2D eigenvalue weighted by Crippen LogP contribution is -2.49. The molecule has 28 heavy (non-hydrogen) atoms. The van der Waals surface area contributed by atoms with E-state index in [-0.39, 0.29) is 5.91 Å². The number of amides is 1. The Balaban J connectivity index is 1.50. The van der Waals surface area contributed by atoms with Gasteiger partial charge in [0.05, 0.1) is 19.0 Å². The van der Waals surface area contributed by atoms with Crippen LogP contribution in [0.4, 0.5) is 5.69 Å². The molecule has 1 aliphatic heterocycles. The minimum atomic E-state index is 0.0316. The summed E-state index contributed by atoms with van der Waals surface area (Å²) in [4.78, 5) is 17.4. The van der Waals surface area contributed by atoms with E-state index in [0.29, 0.717) is 18.8 Å². The van der Waals surface area contributed by atoms with Crippen molar-refractivity contribution < 1.29 is 9.53 Å². The van der Waals surface area contributed by atoms with Crippen molar-refractivity contribution >= 4 is 11.6 Å². The molecule has 6 heteroatoms. The first-order valence-electron chi connectivity index (χ1n) is 9.45. The predicted molar refractivity (Wildman–Crippen MR) is 109 cm³/mol. The average Bonchev–Trinajstić information content (AvgIpc) is 3.15. The lowest BCUT2D eigenvalue weighted by atomic mass is 10.2. The Labute approximate surface area is 164 Å². The summed E-state index contributed by atoms with van der Waals surface area (Å²) in [5, 5.41) is 4.43. The Kier molecular flexibility index (Phi) is 5.02. The minimum absolute atomic E-state index is 0.0316. The highest BCUT2D eigenvalue weighted by atomic mass is 16.5. The number of aryl methyl sites for hydroxylation is 1. The van der Waals surface area contributed by atoms with Gasteiger partial charge in [0.25, 0.3) is 5.91 Å². The number of rotatable bonds is 4. The molecule has 0 radical (unpaired) electrons. The van der Waals surface area contributed by atoms with Gasteiger partial charge in [-0.25, -0.2) is 4.68 Å². The summed E-state index contributed by atoms with van der Waals surface area (Å²) in [6.07, 6.45) is 1.76. The Morgan fingerprint density at radius 2 is 1.68 bits per heavy atom. The van der Waals surface area contributed by atoms with Crippen LogP contribution in [-0.2, 0) is 0 Å². The number of hydrogen-bond donors (Lipinski definition) is 0. The number of carbonyl (C=O) groups excluding carboxylic acids is 1. The van der Waals surface area contributed by atoms with Crippen molar-refractivity contribution in [2.75, 3.05) is 38.2 Å². The van der Waals surface area contributed by atoms with Crippen molar-refractivity contribution in [1.29, 1.82) is 0 Å². The molecule has 0 unspecified atom stereocenters. The second-order valence-corrected chi connectivity index (χ2v) is 6.90. The zero-order chi connectivity index (χ0) is 19.5. The fourth-order valence-electron chi connectivity index (χ4n) is 3.58. The number of carbonyl (C=O) groups is 1. The summed E-state index contributed by atoms with van der Waals surface area (Å²) in [6.45, 7) is 4.87. The smallest absolute Gasteiger partial charge is 0.272 e. The van der Waals surface area contributed by atoms with Gasteiger partial charge in [0.2, 0.25) is 0 Å². The SMILES string of the molecule is COc1cccc(N2CCN(C(=O)c3c(C)cnn3-c3ccccc3)CC2)c1. The third kappa shape index (κ3) is 3.45. The summed E-state index contributed by atoms with van der Waals surface area (Å²) in [7, 11) is 1.67. The van der Waals surface area contributed by atoms with Crippen molar-refractivity contribution in [3.63, 3.8) is 0 Å². The molecule has 3 aromatic rings. The first-order valence-corrected chi connectivity index (χ1v) is 9.45. The molecule has 1 amide bonds. The summed E-state index contributed by atoms with van der Waals surface area (Å²) >= 11 is 0. The number of para-hydroxylation sites is 1. The van der Waals surface area contributed by atoms with Crippen LogP contribution in [0.15, 0.2) is 60.8 Å². The van der Waals surface area contributed by atoms with Crippen LogP contribution in [0, 0.1) is 6.92 Å². The molecule has 2 heterocycles. The molecule has 1 fully saturated rings. The summed E-state index contributed by atoms with van der Waals surface area (Å²) in [6, 6.07) is 17.8. The quantitative estimate of drug-likeness (QED) is 0.702. The van der Waals surface area contributed by atoms with Crippen LogP contribution in [0.3, 0.4) is 0 Å². The third-order valence-corrected chi connectivity index (χ3v) is 5.14. The fraction of sp³-hybridized carbons (Fsp3) is 0.273. The highest BCUT2D eigenvalue weighted by molar-refractivity contribution is 5.94. The number of benzene rings is 2. The molecule has 0 N–H and O–H groups in total. The normalized spacial score (nSPS) is 14.2. The van der Waals surface area contributed by atoms with Gasteiger partial charge in [-0.2, -0.15) is 5.10 Å². The largest absolute Gasteiger partial charge is 0.497 e. The van der Waals surface area contributed by atoms with E-state index in [1.165, 1.54) is 0 Å². The Hall–Kier alpha value is -3.28. The van der Waals surface area contributed by atoms with Crippen molar-refractivity contribution in [1.82, 2.24) is 14.7 Å².